The van der Waals surface area contributed by atoms with Crippen LogP contribution in [0.1, 0.15) is 16.8 Å². The van der Waals surface area contributed by atoms with Gasteiger partial charge in [0.25, 0.3) is 0 Å². The van der Waals surface area contributed by atoms with Gasteiger partial charge >= 0.3 is 0 Å². The Bertz CT molecular complexity index is 644. The summed E-state index contributed by atoms with van der Waals surface area (Å²) in [4.78, 5) is 5.90. The van der Waals surface area contributed by atoms with E-state index in [1.807, 2.05) is 37.2 Å². The monoisotopic (exact) mass is 284 g/mol. The van der Waals surface area contributed by atoms with E-state index in [1.54, 1.807) is 24.4 Å². The van der Waals surface area contributed by atoms with E-state index >= 15 is 0 Å². The topological polar surface area (TPSA) is 52.0 Å². The van der Waals surface area contributed by atoms with Crippen LogP contribution in [0.3, 0.4) is 0 Å². The van der Waals surface area contributed by atoms with Gasteiger partial charge in [-0.05, 0) is 37.9 Å². The van der Waals surface area contributed by atoms with E-state index in [2.05, 4.69) is 10.3 Å². The smallest absolute Gasteiger partial charge is 0.140 e. The van der Waals surface area contributed by atoms with E-state index in [1.165, 1.54) is 0 Å². The van der Waals surface area contributed by atoms with E-state index in [-0.39, 0.29) is 5.82 Å². The first kappa shape index (κ1) is 14.9. The first-order chi connectivity index (χ1) is 10.1. The lowest BCUT2D eigenvalue weighted by Gasteiger charge is -2.12. The molecule has 1 heterocycles. The molecule has 21 heavy (non-hydrogen) atoms. The molecular formula is C16H17FN4. The van der Waals surface area contributed by atoms with Crippen molar-refractivity contribution in [3.05, 3.63) is 59.2 Å². The maximum atomic E-state index is 13.9. The highest BCUT2D eigenvalue weighted by atomic mass is 19.1. The fraction of sp³-hybridized carbons (Fsp3) is 0.250. The summed E-state index contributed by atoms with van der Waals surface area (Å²) in [5.41, 5.74) is 2.72. The van der Waals surface area contributed by atoms with Crippen molar-refractivity contribution in [3.63, 3.8) is 0 Å². The van der Waals surface area contributed by atoms with Crippen LogP contribution in [-0.2, 0) is 13.1 Å². The molecule has 0 unspecified atom stereocenters. The Hall–Kier alpha value is -2.45. The first-order valence-corrected chi connectivity index (χ1v) is 6.60. The SMILES string of the molecule is CN(C)Cc1ccc(CNc2ccc(C#N)nc2)cc1F. The Morgan fingerprint density at radius 2 is 2.10 bits per heavy atom. The Labute approximate surface area is 123 Å². The number of pyridine rings is 1. The molecule has 0 aliphatic rings. The summed E-state index contributed by atoms with van der Waals surface area (Å²) in [6, 6.07) is 10.6. The highest BCUT2D eigenvalue weighted by molar-refractivity contribution is 5.43. The second-order valence-corrected chi connectivity index (χ2v) is 5.06. The number of hydrogen-bond donors (Lipinski definition) is 1. The Balaban J connectivity index is 2.00. The van der Waals surface area contributed by atoms with Crippen LogP contribution in [0.4, 0.5) is 10.1 Å². The third kappa shape index (κ3) is 4.26. The van der Waals surface area contributed by atoms with E-state index in [9.17, 15) is 4.39 Å². The van der Waals surface area contributed by atoms with Crippen LogP contribution in [0.15, 0.2) is 36.5 Å². The zero-order valence-electron chi connectivity index (χ0n) is 12.1. The summed E-state index contributed by atoms with van der Waals surface area (Å²) in [5.74, 6) is -0.194. The molecule has 5 heteroatoms. The standard InChI is InChI=1S/C16H17FN4/c1-21(2)11-13-4-3-12(7-16(13)17)9-19-15-6-5-14(8-18)20-10-15/h3-7,10,19H,9,11H2,1-2H3. The van der Waals surface area contributed by atoms with E-state index in [0.29, 0.717) is 24.3 Å². The van der Waals surface area contributed by atoms with Crippen LogP contribution < -0.4 is 5.32 Å². The van der Waals surface area contributed by atoms with Crippen molar-refractivity contribution in [3.8, 4) is 6.07 Å². The van der Waals surface area contributed by atoms with Crippen molar-refractivity contribution in [1.29, 1.82) is 5.26 Å². The zero-order valence-corrected chi connectivity index (χ0v) is 12.1. The minimum absolute atomic E-state index is 0.194. The molecule has 0 aliphatic carbocycles. The number of anilines is 1. The van der Waals surface area contributed by atoms with Gasteiger partial charge in [0.05, 0.1) is 11.9 Å². The number of nitriles is 1. The third-order valence-electron chi connectivity index (χ3n) is 2.98. The zero-order chi connectivity index (χ0) is 15.2. The molecule has 0 amide bonds. The summed E-state index contributed by atoms with van der Waals surface area (Å²) < 4.78 is 13.9. The summed E-state index contributed by atoms with van der Waals surface area (Å²) in [6.45, 7) is 1.09. The van der Waals surface area contributed by atoms with Crippen molar-refractivity contribution >= 4 is 5.69 Å². The lowest BCUT2D eigenvalue weighted by Crippen LogP contribution is -2.12. The molecule has 0 aliphatic heterocycles. The largest absolute Gasteiger partial charge is 0.380 e. The van der Waals surface area contributed by atoms with Crippen LogP contribution in [-0.4, -0.2) is 24.0 Å². The molecule has 2 aromatic rings. The molecule has 0 bridgehead atoms. The molecule has 0 saturated carbocycles. The molecule has 1 aromatic heterocycles. The average Bonchev–Trinajstić information content (AvgIpc) is 2.48. The van der Waals surface area contributed by atoms with Crippen molar-refractivity contribution in [2.75, 3.05) is 19.4 Å². The van der Waals surface area contributed by atoms with Crippen LogP contribution in [0.5, 0.6) is 0 Å². The predicted octanol–water partition coefficient (Wildman–Crippen LogP) is 2.77. The summed E-state index contributed by atoms with van der Waals surface area (Å²) >= 11 is 0. The van der Waals surface area contributed by atoms with Gasteiger partial charge in [0.1, 0.15) is 17.6 Å². The molecule has 108 valence electrons. The molecule has 1 N–H and O–H groups in total. The summed E-state index contributed by atoms with van der Waals surface area (Å²) in [7, 11) is 3.82. The van der Waals surface area contributed by atoms with E-state index in [4.69, 9.17) is 5.26 Å². The Morgan fingerprint density at radius 1 is 1.29 bits per heavy atom. The normalized spacial score (nSPS) is 10.4. The lowest BCUT2D eigenvalue weighted by atomic mass is 10.1. The summed E-state index contributed by atoms with van der Waals surface area (Å²) in [5, 5.41) is 11.8. The molecule has 0 fully saturated rings. The second-order valence-electron chi connectivity index (χ2n) is 5.06. The van der Waals surface area contributed by atoms with Gasteiger partial charge in [-0.15, -0.1) is 0 Å². The van der Waals surface area contributed by atoms with Gasteiger partial charge in [-0.2, -0.15) is 5.26 Å². The van der Waals surface area contributed by atoms with Crippen LogP contribution in [0.25, 0.3) is 0 Å². The van der Waals surface area contributed by atoms with Gasteiger partial charge in [-0.1, -0.05) is 12.1 Å². The van der Waals surface area contributed by atoms with Gasteiger partial charge in [0.15, 0.2) is 0 Å². The molecular weight excluding hydrogens is 267 g/mol. The van der Waals surface area contributed by atoms with E-state index in [0.717, 1.165) is 11.3 Å². The number of rotatable bonds is 5. The fourth-order valence-electron chi connectivity index (χ4n) is 1.94. The maximum Gasteiger partial charge on any atom is 0.140 e. The van der Waals surface area contributed by atoms with Crippen molar-refractivity contribution < 1.29 is 4.39 Å². The molecule has 0 atom stereocenters. The molecule has 0 spiro atoms. The van der Waals surface area contributed by atoms with Gasteiger partial charge in [-0.3, -0.25) is 0 Å². The van der Waals surface area contributed by atoms with Crippen LogP contribution >= 0.6 is 0 Å². The van der Waals surface area contributed by atoms with Crippen LogP contribution in [0.2, 0.25) is 0 Å². The minimum Gasteiger partial charge on any atom is -0.380 e. The number of hydrogen-bond acceptors (Lipinski definition) is 4. The molecule has 0 saturated heterocycles. The van der Waals surface area contributed by atoms with Gasteiger partial charge in [0.2, 0.25) is 0 Å². The minimum atomic E-state index is -0.194. The quantitative estimate of drug-likeness (QED) is 0.917. The highest BCUT2D eigenvalue weighted by Crippen LogP contribution is 2.14. The molecule has 4 nitrogen and oxygen atoms in total. The predicted molar refractivity (Wildman–Crippen MR) is 80.1 cm³/mol. The average molecular weight is 284 g/mol. The first-order valence-electron chi connectivity index (χ1n) is 6.60. The maximum absolute atomic E-state index is 13.9. The molecule has 2 rings (SSSR count). The lowest BCUT2D eigenvalue weighted by molar-refractivity contribution is 0.392. The van der Waals surface area contributed by atoms with Gasteiger partial charge in [-0.25, -0.2) is 9.37 Å². The Morgan fingerprint density at radius 3 is 2.67 bits per heavy atom. The molecule has 0 radical (unpaired) electrons. The number of aromatic nitrogens is 1. The van der Waals surface area contributed by atoms with E-state index < -0.39 is 0 Å². The van der Waals surface area contributed by atoms with Crippen LogP contribution in [0, 0.1) is 17.1 Å². The van der Waals surface area contributed by atoms with Crippen molar-refractivity contribution in [2.24, 2.45) is 0 Å². The highest BCUT2D eigenvalue weighted by Gasteiger charge is 2.05. The number of halogens is 1. The second kappa shape index (κ2) is 6.82. The fourth-order valence-corrected chi connectivity index (χ4v) is 1.94. The van der Waals surface area contributed by atoms with Gasteiger partial charge < -0.3 is 10.2 Å². The third-order valence-corrected chi connectivity index (χ3v) is 2.98. The Kier molecular flexibility index (Phi) is 4.85. The van der Waals surface area contributed by atoms with Crippen molar-refractivity contribution in [2.45, 2.75) is 13.1 Å². The molecule has 1 aromatic carbocycles. The number of nitrogens with zero attached hydrogens (tertiary/aromatic N) is 3. The number of benzene rings is 1. The number of nitrogens with one attached hydrogen (secondary N) is 1. The van der Waals surface area contributed by atoms with Gasteiger partial charge in [0, 0.05) is 18.7 Å². The van der Waals surface area contributed by atoms with Crippen molar-refractivity contribution in [1.82, 2.24) is 9.88 Å². The summed E-state index contributed by atoms with van der Waals surface area (Å²) in [6.07, 6.45) is 1.59.